The zero-order chi connectivity index (χ0) is 14.0. The molecule has 1 aliphatic carbocycles. The zero-order valence-electron chi connectivity index (χ0n) is 12.7. The van der Waals surface area contributed by atoms with Crippen molar-refractivity contribution in [3.63, 3.8) is 0 Å². The molecule has 0 aromatic heterocycles. The summed E-state index contributed by atoms with van der Waals surface area (Å²) < 4.78 is 5.23. The highest BCUT2D eigenvalue weighted by Crippen LogP contribution is 2.40. The standard InChI is InChI=1S/C17H26N2O/c1-17(15-6-7-15)13-19(11-3-10-18-17)12-14-4-8-16(20-2)9-5-14/h4-5,8-9,15,18H,3,6-7,10-13H2,1-2H3. The zero-order valence-corrected chi connectivity index (χ0v) is 12.7. The summed E-state index contributed by atoms with van der Waals surface area (Å²) in [5.74, 6) is 1.83. The van der Waals surface area contributed by atoms with Gasteiger partial charge in [-0.1, -0.05) is 12.1 Å². The van der Waals surface area contributed by atoms with E-state index in [4.69, 9.17) is 4.74 Å². The minimum Gasteiger partial charge on any atom is -0.497 e. The van der Waals surface area contributed by atoms with E-state index in [2.05, 4.69) is 41.4 Å². The Labute approximate surface area is 122 Å². The maximum Gasteiger partial charge on any atom is 0.118 e. The molecule has 110 valence electrons. The van der Waals surface area contributed by atoms with Gasteiger partial charge >= 0.3 is 0 Å². The van der Waals surface area contributed by atoms with E-state index in [0.717, 1.165) is 24.8 Å². The summed E-state index contributed by atoms with van der Waals surface area (Å²) in [5, 5.41) is 3.79. The molecule has 1 N–H and O–H groups in total. The van der Waals surface area contributed by atoms with Gasteiger partial charge in [0.05, 0.1) is 7.11 Å². The SMILES string of the molecule is COc1ccc(CN2CCCNC(C)(C3CC3)C2)cc1. The fraction of sp³-hybridized carbons (Fsp3) is 0.647. The van der Waals surface area contributed by atoms with Crippen molar-refractivity contribution in [2.75, 3.05) is 26.7 Å². The predicted octanol–water partition coefficient (Wildman–Crippen LogP) is 2.66. The average molecular weight is 274 g/mol. The number of rotatable bonds is 4. The molecule has 3 rings (SSSR count). The van der Waals surface area contributed by atoms with Crippen molar-refractivity contribution < 1.29 is 4.74 Å². The van der Waals surface area contributed by atoms with Crippen molar-refractivity contribution in [1.82, 2.24) is 10.2 Å². The fourth-order valence-electron chi connectivity index (χ4n) is 3.39. The van der Waals surface area contributed by atoms with Crippen LogP contribution in [0.4, 0.5) is 0 Å². The van der Waals surface area contributed by atoms with Crippen LogP contribution in [0.25, 0.3) is 0 Å². The van der Waals surface area contributed by atoms with Crippen LogP contribution in [-0.2, 0) is 6.54 Å². The van der Waals surface area contributed by atoms with Gasteiger partial charge in [0.2, 0.25) is 0 Å². The molecule has 1 saturated heterocycles. The molecule has 1 unspecified atom stereocenters. The van der Waals surface area contributed by atoms with Gasteiger partial charge in [-0.3, -0.25) is 4.90 Å². The van der Waals surface area contributed by atoms with Crippen molar-refractivity contribution in [2.45, 2.75) is 38.3 Å². The number of hydrogen-bond acceptors (Lipinski definition) is 3. The van der Waals surface area contributed by atoms with Gasteiger partial charge in [-0.25, -0.2) is 0 Å². The third-order valence-corrected chi connectivity index (χ3v) is 4.78. The molecule has 1 heterocycles. The molecule has 2 aliphatic rings. The Morgan fingerprint density at radius 1 is 1.30 bits per heavy atom. The summed E-state index contributed by atoms with van der Waals surface area (Å²) in [4.78, 5) is 2.61. The van der Waals surface area contributed by atoms with Gasteiger partial charge in [0.1, 0.15) is 5.75 Å². The van der Waals surface area contributed by atoms with Crippen molar-refractivity contribution >= 4 is 0 Å². The first kappa shape index (κ1) is 13.9. The van der Waals surface area contributed by atoms with Gasteiger partial charge in [-0.15, -0.1) is 0 Å². The summed E-state index contributed by atoms with van der Waals surface area (Å²) in [6, 6.07) is 8.49. The number of nitrogens with one attached hydrogen (secondary N) is 1. The minimum absolute atomic E-state index is 0.322. The number of benzene rings is 1. The first-order valence-electron chi connectivity index (χ1n) is 7.80. The van der Waals surface area contributed by atoms with E-state index in [9.17, 15) is 0 Å². The van der Waals surface area contributed by atoms with Gasteiger partial charge in [0.25, 0.3) is 0 Å². The second-order valence-electron chi connectivity index (χ2n) is 6.53. The number of nitrogens with zero attached hydrogens (tertiary/aromatic N) is 1. The Morgan fingerprint density at radius 3 is 2.70 bits per heavy atom. The maximum atomic E-state index is 5.23. The molecule has 1 aliphatic heterocycles. The molecule has 2 fully saturated rings. The Balaban J connectivity index is 1.65. The summed E-state index contributed by atoms with van der Waals surface area (Å²) in [7, 11) is 1.72. The van der Waals surface area contributed by atoms with Crippen LogP contribution in [0.15, 0.2) is 24.3 Å². The lowest BCUT2D eigenvalue weighted by Crippen LogP contribution is -2.50. The van der Waals surface area contributed by atoms with Gasteiger partial charge in [-0.05, 0) is 62.9 Å². The quantitative estimate of drug-likeness (QED) is 0.913. The van der Waals surface area contributed by atoms with E-state index in [-0.39, 0.29) is 0 Å². The van der Waals surface area contributed by atoms with E-state index >= 15 is 0 Å². The molecular weight excluding hydrogens is 248 g/mol. The molecule has 1 aromatic rings. The Bertz CT molecular complexity index is 441. The van der Waals surface area contributed by atoms with Crippen LogP contribution in [-0.4, -0.2) is 37.2 Å². The van der Waals surface area contributed by atoms with Crippen LogP contribution < -0.4 is 10.1 Å². The summed E-state index contributed by atoms with van der Waals surface area (Å²) in [5.41, 5.74) is 1.70. The summed E-state index contributed by atoms with van der Waals surface area (Å²) >= 11 is 0. The summed E-state index contributed by atoms with van der Waals surface area (Å²) in [6.07, 6.45) is 4.05. The Hall–Kier alpha value is -1.06. The monoisotopic (exact) mass is 274 g/mol. The van der Waals surface area contributed by atoms with Crippen LogP contribution in [0.2, 0.25) is 0 Å². The Morgan fingerprint density at radius 2 is 2.05 bits per heavy atom. The molecule has 1 atom stereocenters. The highest BCUT2D eigenvalue weighted by atomic mass is 16.5. The maximum absolute atomic E-state index is 5.23. The highest BCUT2D eigenvalue weighted by molar-refractivity contribution is 5.27. The molecule has 3 heteroatoms. The van der Waals surface area contributed by atoms with Crippen LogP contribution in [0.1, 0.15) is 31.7 Å². The lowest BCUT2D eigenvalue weighted by Gasteiger charge is -2.34. The number of methoxy groups -OCH3 is 1. The second-order valence-corrected chi connectivity index (χ2v) is 6.53. The van der Waals surface area contributed by atoms with Crippen LogP contribution in [0.5, 0.6) is 5.75 Å². The molecule has 3 nitrogen and oxygen atoms in total. The van der Waals surface area contributed by atoms with E-state index in [1.165, 1.54) is 37.9 Å². The van der Waals surface area contributed by atoms with Gasteiger partial charge < -0.3 is 10.1 Å². The topological polar surface area (TPSA) is 24.5 Å². The van der Waals surface area contributed by atoms with Crippen LogP contribution in [0, 0.1) is 5.92 Å². The molecule has 0 amide bonds. The van der Waals surface area contributed by atoms with Crippen molar-refractivity contribution in [3.05, 3.63) is 29.8 Å². The fourth-order valence-corrected chi connectivity index (χ4v) is 3.39. The number of ether oxygens (including phenoxy) is 1. The number of hydrogen-bond donors (Lipinski definition) is 1. The van der Waals surface area contributed by atoms with Crippen molar-refractivity contribution in [1.29, 1.82) is 0 Å². The minimum atomic E-state index is 0.322. The van der Waals surface area contributed by atoms with Crippen LogP contribution in [0.3, 0.4) is 0 Å². The first-order chi connectivity index (χ1) is 9.69. The average Bonchev–Trinajstić information content (AvgIpc) is 3.28. The van der Waals surface area contributed by atoms with Crippen LogP contribution >= 0.6 is 0 Å². The Kier molecular flexibility index (Phi) is 3.99. The molecule has 0 bridgehead atoms. The molecular formula is C17H26N2O. The molecule has 0 radical (unpaired) electrons. The largest absolute Gasteiger partial charge is 0.497 e. The summed E-state index contributed by atoms with van der Waals surface area (Å²) in [6.45, 7) is 6.99. The van der Waals surface area contributed by atoms with E-state index in [1.807, 2.05) is 0 Å². The van der Waals surface area contributed by atoms with Gasteiger partial charge in [0.15, 0.2) is 0 Å². The third kappa shape index (κ3) is 3.15. The predicted molar refractivity (Wildman–Crippen MR) is 82.0 cm³/mol. The third-order valence-electron chi connectivity index (χ3n) is 4.78. The molecule has 20 heavy (non-hydrogen) atoms. The van der Waals surface area contributed by atoms with E-state index in [0.29, 0.717) is 5.54 Å². The molecule has 1 aromatic carbocycles. The highest BCUT2D eigenvalue weighted by Gasteiger charge is 2.42. The van der Waals surface area contributed by atoms with Gasteiger partial charge in [-0.2, -0.15) is 0 Å². The van der Waals surface area contributed by atoms with Gasteiger partial charge in [0, 0.05) is 18.6 Å². The van der Waals surface area contributed by atoms with Crippen molar-refractivity contribution in [3.8, 4) is 5.75 Å². The lowest BCUT2D eigenvalue weighted by atomic mass is 9.95. The second kappa shape index (κ2) is 5.74. The van der Waals surface area contributed by atoms with Crippen molar-refractivity contribution in [2.24, 2.45) is 5.92 Å². The molecule has 1 saturated carbocycles. The first-order valence-corrected chi connectivity index (χ1v) is 7.80. The normalized spacial score (nSPS) is 28.1. The smallest absolute Gasteiger partial charge is 0.118 e. The van der Waals surface area contributed by atoms with E-state index in [1.54, 1.807) is 7.11 Å². The van der Waals surface area contributed by atoms with E-state index < -0.39 is 0 Å². The lowest BCUT2D eigenvalue weighted by molar-refractivity contribution is 0.195. The molecule has 0 spiro atoms.